The summed E-state index contributed by atoms with van der Waals surface area (Å²) in [6, 6.07) is 2.34. The first-order valence-electron chi connectivity index (χ1n) is 4.33. The highest BCUT2D eigenvalue weighted by atomic mass is 32.2. The van der Waals surface area contributed by atoms with E-state index in [0.29, 0.717) is 17.5 Å². The Balaban J connectivity index is 2.53. The van der Waals surface area contributed by atoms with E-state index in [9.17, 15) is 13.0 Å². The molecule has 5 heteroatoms. The van der Waals surface area contributed by atoms with Gasteiger partial charge in [0, 0.05) is 11.1 Å². The van der Waals surface area contributed by atoms with Crippen molar-refractivity contribution in [3.05, 3.63) is 40.7 Å². The van der Waals surface area contributed by atoms with Crippen molar-refractivity contribution in [1.29, 1.82) is 0 Å². The van der Waals surface area contributed by atoms with Gasteiger partial charge in [-0.25, -0.2) is 13.0 Å². The molecule has 0 fully saturated rings. The van der Waals surface area contributed by atoms with Gasteiger partial charge in [0.15, 0.2) is 11.1 Å². The Morgan fingerprint density at radius 1 is 1.47 bits per heavy atom. The Morgan fingerprint density at radius 3 is 2.87 bits per heavy atom. The summed E-state index contributed by atoms with van der Waals surface area (Å²) < 4.78 is 45.8. The lowest BCUT2D eigenvalue weighted by molar-refractivity contribution is 0.417. The molecule has 15 heavy (non-hydrogen) atoms. The van der Waals surface area contributed by atoms with Gasteiger partial charge in [-0.05, 0) is 18.1 Å². The SMILES string of the molecule is O=S(O)C(F)c1ccc(F)c2c1CC=C2. The largest absolute Gasteiger partial charge is 0.304 e. The third-order valence-electron chi connectivity index (χ3n) is 2.37. The molecule has 0 radical (unpaired) electrons. The maximum atomic E-state index is 13.3. The van der Waals surface area contributed by atoms with Crippen molar-refractivity contribution < 1.29 is 17.5 Å². The maximum absolute atomic E-state index is 13.3. The summed E-state index contributed by atoms with van der Waals surface area (Å²) >= 11 is -2.58. The van der Waals surface area contributed by atoms with Gasteiger partial charge in [-0.15, -0.1) is 0 Å². The lowest BCUT2D eigenvalue weighted by Crippen LogP contribution is -2.04. The molecule has 0 saturated carbocycles. The van der Waals surface area contributed by atoms with Crippen molar-refractivity contribution in [2.75, 3.05) is 0 Å². The van der Waals surface area contributed by atoms with E-state index in [1.807, 2.05) is 0 Å². The summed E-state index contributed by atoms with van der Waals surface area (Å²) in [7, 11) is 0. The molecular weight excluding hydrogens is 222 g/mol. The van der Waals surface area contributed by atoms with Gasteiger partial charge in [0.2, 0.25) is 5.50 Å². The van der Waals surface area contributed by atoms with Crippen molar-refractivity contribution in [3.63, 3.8) is 0 Å². The zero-order chi connectivity index (χ0) is 11.0. The first-order valence-corrected chi connectivity index (χ1v) is 5.50. The first kappa shape index (κ1) is 10.4. The molecule has 1 aromatic carbocycles. The summed E-state index contributed by atoms with van der Waals surface area (Å²) in [5, 5.41) is 0. The van der Waals surface area contributed by atoms with Crippen LogP contribution in [0, 0.1) is 5.82 Å². The molecule has 0 amide bonds. The van der Waals surface area contributed by atoms with Crippen LogP contribution in [0.25, 0.3) is 6.08 Å². The minimum Gasteiger partial charge on any atom is -0.304 e. The number of allylic oxidation sites excluding steroid dienone is 1. The molecule has 2 nitrogen and oxygen atoms in total. The van der Waals surface area contributed by atoms with Crippen molar-refractivity contribution in [3.8, 4) is 0 Å². The predicted molar refractivity (Wildman–Crippen MR) is 53.8 cm³/mol. The topological polar surface area (TPSA) is 37.3 Å². The lowest BCUT2D eigenvalue weighted by atomic mass is 10.0. The van der Waals surface area contributed by atoms with Crippen LogP contribution < -0.4 is 0 Å². The van der Waals surface area contributed by atoms with E-state index in [1.165, 1.54) is 6.07 Å². The van der Waals surface area contributed by atoms with Crippen LogP contribution in [0.15, 0.2) is 18.2 Å². The molecule has 0 bridgehead atoms. The predicted octanol–water partition coefficient (Wildman–Crippen LogP) is 2.58. The second-order valence-electron chi connectivity index (χ2n) is 3.23. The molecule has 1 aliphatic rings. The lowest BCUT2D eigenvalue weighted by Gasteiger charge is -2.10. The Kier molecular flexibility index (Phi) is 2.67. The highest BCUT2D eigenvalue weighted by Gasteiger charge is 2.23. The molecule has 1 aliphatic carbocycles. The number of halogens is 2. The van der Waals surface area contributed by atoms with Crippen LogP contribution in [0.1, 0.15) is 22.2 Å². The quantitative estimate of drug-likeness (QED) is 0.793. The van der Waals surface area contributed by atoms with Crippen LogP contribution >= 0.6 is 0 Å². The van der Waals surface area contributed by atoms with Crippen LogP contribution in [0.4, 0.5) is 8.78 Å². The molecule has 2 rings (SSSR count). The molecule has 2 unspecified atom stereocenters. The Bertz CT molecular complexity index is 457. The fourth-order valence-corrected chi connectivity index (χ4v) is 2.11. The summed E-state index contributed by atoms with van der Waals surface area (Å²) in [5.74, 6) is -0.432. The third kappa shape index (κ3) is 1.72. The minimum absolute atomic E-state index is 0.0947. The second kappa shape index (κ2) is 3.83. The van der Waals surface area contributed by atoms with Crippen molar-refractivity contribution in [1.82, 2.24) is 0 Å². The molecule has 80 valence electrons. The van der Waals surface area contributed by atoms with Crippen molar-refractivity contribution in [2.24, 2.45) is 0 Å². The normalized spacial score (nSPS) is 17.5. The summed E-state index contributed by atoms with van der Waals surface area (Å²) in [5.41, 5.74) is -1.10. The zero-order valence-corrected chi connectivity index (χ0v) is 8.43. The van der Waals surface area contributed by atoms with Crippen LogP contribution in [-0.2, 0) is 17.5 Å². The monoisotopic (exact) mass is 230 g/mol. The van der Waals surface area contributed by atoms with Crippen LogP contribution in [0.2, 0.25) is 0 Å². The van der Waals surface area contributed by atoms with Gasteiger partial charge in [-0.1, -0.05) is 18.2 Å². The Labute approximate surface area is 87.9 Å². The van der Waals surface area contributed by atoms with E-state index < -0.39 is 22.4 Å². The number of fused-ring (bicyclic) bond motifs is 1. The summed E-state index contributed by atoms with van der Waals surface area (Å²) in [6.45, 7) is 0. The molecule has 1 aromatic rings. The smallest absolute Gasteiger partial charge is 0.225 e. The van der Waals surface area contributed by atoms with E-state index in [-0.39, 0.29) is 5.56 Å². The third-order valence-corrected chi connectivity index (χ3v) is 2.98. The average Bonchev–Trinajstić information content (AvgIpc) is 2.66. The van der Waals surface area contributed by atoms with Crippen LogP contribution in [0.5, 0.6) is 0 Å². The van der Waals surface area contributed by atoms with Gasteiger partial charge < -0.3 is 4.55 Å². The number of alkyl halides is 1. The van der Waals surface area contributed by atoms with Gasteiger partial charge in [-0.3, -0.25) is 0 Å². The molecule has 0 heterocycles. The molecule has 0 aromatic heterocycles. The van der Waals surface area contributed by atoms with E-state index >= 15 is 0 Å². The number of benzene rings is 1. The standard InChI is InChI=1S/C10H8F2O2S/c11-9-5-4-8(10(12)15(13)14)6-2-1-3-7(6)9/h1,3-5,10H,2H2,(H,13,14). The number of hydrogen-bond acceptors (Lipinski definition) is 1. The van der Waals surface area contributed by atoms with Crippen LogP contribution in [-0.4, -0.2) is 8.76 Å². The van der Waals surface area contributed by atoms with E-state index in [0.717, 1.165) is 6.07 Å². The number of rotatable bonds is 2. The van der Waals surface area contributed by atoms with Gasteiger partial charge in [0.25, 0.3) is 0 Å². The van der Waals surface area contributed by atoms with Crippen molar-refractivity contribution >= 4 is 17.2 Å². The molecule has 1 N–H and O–H groups in total. The molecule has 0 aliphatic heterocycles. The first-order chi connectivity index (χ1) is 7.11. The molecule has 0 saturated heterocycles. The van der Waals surface area contributed by atoms with E-state index in [2.05, 4.69) is 0 Å². The number of hydrogen-bond donors (Lipinski definition) is 1. The highest BCUT2D eigenvalue weighted by molar-refractivity contribution is 7.79. The van der Waals surface area contributed by atoms with Gasteiger partial charge >= 0.3 is 0 Å². The maximum Gasteiger partial charge on any atom is 0.225 e. The second-order valence-corrected chi connectivity index (χ2v) is 4.19. The minimum atomic E-state index is -2.58. The van der Waals surface area contributed by atoms with E-state index in [4.69, 9.17) is 4.55 Å². The summed E-state index contributed by atoms with van der Waals surface area (Å²) in [6.07, 6.45) is 3.66. The van der Waals surface area contributed by atoms with Gasteiger partial charge in [0.1, 0.15) is 5.82 Å². The molecule has 2 atom stereocenters. The Hall–Kier alpha value is -1.07. The van der Waals surface area contributed by atoms with Crippen LogP contribution in [0.3, 0.4) is 0 Å². The summed E-state index contributed by atoms with van der Waals surface area (Å²) in [4.78, 5) is 0. The van der Waals surface area contributed by atoms with Gasteiger partial charge in [0.05, 0.1) is 0 Å². The fourth-order valence-electron chi connectivity index (χ4n) is 1.68. The van der Waals surface area contributed by atoms with Gasteiger partial charge in [-0.2, -0.15) is 0 Å². The zero-order valence-electron chi connectivity index (χ0n) is 7.61. The molecule has 0 spiro atoms. The fraction of sp³-hybridized carbons (Fsp3) is 0.200. The van der Waals surface area contributed by atoms with Crippen molar-refractivity contribution in [2.45, 2.75) is 11.9 Å². The molecular formula is C10H8F2O2S. The average molecular weight is 230 g/mol. The Morgan fingerprint density at radius 2 is 2.20 bits per heavy atom. The highest BCUT2D eigenvalue weighted by Crippen LogP contribution is 2.32. The van der Waals surface area contributed by atoms with E-state index in [1.54, 1.807) is 12.2 Å².